The monoisotopic (exact) mass is 771 g/mol. The number of hydrogen-bond donors (Lipinski definition) is 2. The van der Waals surface area contributed by atoms with Crippen molar-refractivity contribution < 1.29 is 50.6 Å². The first-order valence-electron chi connectivity index (χ1n) is 18.2. The topological polar surface area (TPSA) is 136 Å². The molecule has 0 aromatic heterocycles. The van der Waals surface area contributed by atoms with Gasteiger partial charge in [0.15, 0.2) is 0 Å². The minimum Gasteiger partial charge on any atom is -0.466 e. The van der Waals surface area contributed by atoms with E-state index in [-0.39, 0.29) is 53.6 Å². The first kappa shape index (κ1) is 40.8. The molecule has 0 spiro atoms. The highest BCUT2D eigenvalue weighted by atomic mass is 32.2. The summed E-state index contributed by atoms with van der Waals surface area (Å²) in [6.45, 7) is 14.0. The van der Waals surface area contributed by atoms with Gasteiger partial charge in [-0.05, 0) is 93.4 Å². The highest BCUT2D eigenvalue weighted by molar-refractivity contribution is 8.00. The zero-order valence-electron chi connectivity index (χ0n) is 30.5. The number of thioether (sulfide) groups is 1. The Hall–Kier alpha value is -2.42. The van der Waals surface area contributed by atoms with Crippen molar-refractivity contribution in [3.63, 3.8) is 0 Å². The van der Waals surface area contributed by atoms with Gasteiger partial charge in [-0.15, -0.1) is 18.3 Å². The second-order valence-corrected chi connectivity index (χ2v) is 18.9. The molecule has 5 rings (SSSR count). The van der Waals surface area contributed by atoms with Gasteiger partial charge in [-0.25, -0.2) is 13.1 Å². The van der Waals surface area contributed by atoms with E-state index in [9.17, 15) is 41.1 Å². The number of rotatable bonds is 10. The van der Waals surface area contributed by atoms with Crippen molar-refractivity contribution >= 4 is 39.5 Å². The van der Waals surface area contributed by atoms with Crippen LogP contribution in [0.25, 0.3) is 0 Å². The van der Waals surface area contributed by atoms with E-state index in [2.05, 4.69) is 25.1 Å². The minimum atomic E-state index is -4.64. The van der Waals surface area contributed by atoms with E-state index in [1.807, 2.05) is 13.8 Å². The fourth-order valence-electron chi connectivity index (χ4n) is 9.90. The average Bonchev–Trinajstić information content (AvgIpc) is 3.45. The third-order valence-corrected chi connectivity index (χ3v) is 16.1. The number of sulfonamides is 1. The lowest BCUT2D eigenvalue weighted by molar-refractivity contribution is -0.205. The number of carbonyl (C=O) groups is 3. The Morgan fingerprint density at radius 1 is 1.12 bits per heavy atom. The molecular weight excluding hydrogens is 720 g/mol. The van der Waals surface area contributed by atoms with Gasteiger partial charge in [-0.3, -0.25) is 14.4 Å². The minimum absolute atomic E-state index is 0.0526. The maximum absolute atomic E-state index is 13.8. The van der Waals surface area contributed by atoms with E-state index in [1.165, 1.54) is 11.8 Å². The normalized spacial score (nSPS) is 38.1. The molecule has 9 nitrogen and oxygen atoms in total. The Kier molecular flexibility index (Phi) is 11.8. The predicted molar refractivity (Wildman–Crippen MR) is 190 cm³/mol. The Bertz CT molecular complexity index is 1640. The maximum atomic E-state index is 13.8. The van der Waals surface area contributed by atoms with Crippen molar-refractivity contribution in [2.24, 2.45) is 39.9 Å². The number of hydrogen-bond acceptors (Lipinski definition) is 9. The second-order valence-electron chi connectivity index (χ2n) is 15.9. The highest BCUT2D eigenvalue weighted by Crippen LogP contribution is 2.68. The van der Waals surface area contributed by atoms with Crippen LogP contribution in [-0.4, -0.2) is 67.1 Å². The molecule has 1 aromatic carbocycles. The molecular formula is C38H52F3NO8S2. The molecule has 2 bridgehead atoms. The molecule has 4 aliphatic rings. The third kappa shape index (κ3) is 7.47. The zero-order chi connectivity index (χ0) is 38.4. The number of ether oxygens (including phenoxy) is 2. The van der Waals surface area contributed by atoms with E-state index >= 15 is 0 Å². The van der Waals surface area contributed by atoms with Gasteiger partial charge in [0.05, 0.1) is 34.8 Å². The number of halogens is 3. The Labute approximate surface area is 309 Å². The molecule has 0 unspecified atom stereocenters. The maximum Gasteiger partial charge on any atom is 0.416 e. The molecule has 4 aliphatic carbocycles. The van der Waals surface area contributed by atoms with Crippen LogP contribution in [0.4, 0.5) is 13.2 Å². The first-order valence-corrected chi connectivity index (χ1v) is 20.8. The summed E-state index contributed by atoms with van der Waals surface area (Å²) in [4.78, 5) is 39.9. The summed E-state index contributed by atoms with van der Waals surface area (Å²) in [5.41, 5.74) is -2.90. The molecule has 0 saturated heterocycles. The summed E-state index contributed by atoms with van der Waals surface area (Å²) >= 11 is 1.19. The van der Waals surface area contributed by atoms with Crippen LogP contribution in [0.2, 0.25) is 0 Å². The number of aliphatic hydroxyl groups excluding tert-OH is 1. The Balaban J connectivity index is 1.37. The van der Waals surface area contributed by atoms with Crippen LogP contribution < -0.4 is 4.72 Å². The molecule has 0 aliphatic heterocycles. The van der Waals surface area contributed by atoms with Crippen LogP contribution in [0.1, 0.15) is 91.5 Å². The number of Topliss-reactive ketones (excluding diaryl/α,β-unsaturated/α-hetero) is 1. The van der Waals surface area contributed by atoms with Gasteiger partial charge in [0.25, 0.3) is 0 Å². The third-order valence-electron chi connectivity index (χ3n) is 13.2. The van der Waals surface area contributed by atoms with Crippen LogP contribution in [0, 0.1) is 39.9 Å². The van der Waals surface area contributed by atoms with Gasteiger partial charge in [-0.2, -0.15) is 13.2 Å². The van der Waals surface area contributed by atoms with Crippen molar-refractivity contribution in [1.29, 1.82) is 0 Å². The lowest BCUT2D eigenvalue weighted by Crippen LogP contribution is -2.63. The van der Waals surface area contributed by atoms with Crippen molar-refractivity contribution in [2.45, 2.75) is 121 Å². The smallest absolute Gasteiger partial charge is 0.416 e. The number of carbonyl (C=O) groups excluding carboxylic acids is 3. The lowest BCUT2D eigenvalue weighted by Gasteiger charge is -2.61. The van der Waals surface area contributed by atoms with Gasteiger partial charge in [0.1, 0.15) is 11.9 Å². The van der Waals surface area contributed by atoms with Crippen LogP contribution in [0.15, 0.2) is 41.8 Å². The Morgan fingerprint density at radius 3 is 2.40 bits per heavy atom. The molecule has 4 fully saturated rings. The van der Waals surface area contributed by atoms with Crippen molar-refractivity contribution in [3.05, 3.63) is 42.5 Å². The highest BCUT2D eigenvalue weighted by Gasteiger charge is 2.68. The predicted octanol–water partition coefficient (Wildman–Crippen LogP) is 6.72. The molecule has 290 valence electrons. The van der Waals surface area contributed by atoms with Gasteiger partial charge in [-0.1, -0.05) is 33.8 Å². The van der Waals surface area contributed by atoms with Crippen molar-refractivity contribution in [3.8, 4) is 0 Å². The van der Waals surface area contributed by atoms with Crippen LogP contribution in [-0.2, 0) is 40.1 Å². The number of alkyl halides is 3. The number of nitrogens with one attached hydrogen (secondary N) is 1. The first-order chi connectivity index (χ1) is 24.2. The quantitative estimate of drug-likeness (QED) is 0.196. The molecule has 0 radical (unpaired) electrons. The summed E-state index contributed by atoms with van der Waals surface area (Å²) in [6.07, 6.45) is -0.582. The Morgan fingerprint density at radius 2 is 1.79 bits per heavy atom. The summed E-state index contributed by atoms with van der Waals surface area (Å²) in [6, 6.07) is 2.32. The largest absolute Gasteiger partial charge is 0.466 e. The van der Waals surface area contributed by atoms with Gasteiger partial charge >= 0.3 is 18.1 Å². The molecule has 11 atom stereocenters. The van der Waals surface area contributed by atoms with Gasteiger partial charge < -0.3 is 14.6 Å². The van der Waals surface area contributed by atoms with Crippen LogP contribution >= 0.6 is 11.8 Å². The molecule has 2 N–H and O–H groups in total. The standard InChI is InChI=1S/C38H52F3NO8S2/c1-7-35(5)20-30(36(6)22(3)15-17-37(23(4)33(35)45)18-16-28(43)32(36)37)50-31(44)21-51-29-14-9-24(34(46)49-8-2)19-27(29)42-52(47,48)26-12-10-25(11-13-26)38(39,40)41/h7,10-13,22-24,27,29-30,32-33,42,45H,1,8-9,14-21H2,2-6H3/t22-,23+,24+,27-,29-,30-,32+,33+,35-,36+,37+/m1/s1. The van der Waals surface area contributed by atoms with E-state index < -0.39 is 79.4 Å². The summed E-state index contributed by atoms with van der Waals surface area (Å²) < 4.78 is 80.5. The summed E-state index contributed by atoms with van der Waals surface area (Å²) in [5.74, 6) is -2.12. The lowest BCUT2D eigenvalue weighted by atomic mass is 9.44. The number of benzene rings is 1. The average molecular weight is 772 g/mol. The fraction of sp³-hybridized carbons (Fsp3) is 0.711. The van der Waals surface area contributed by atoms with Crippen LogP contribution in [0.3, 0.4) is 0 Å². The second kappa shape index (κ2) is 15.0. The van der Waals surface area contributed by atoms with E-state index in [0.717, 1.165) is 25.0 Å². The van der Waals surface area contributed by atoms with E-state index in [1.54, 1.807) is 13.0 Å². The molecule has 0 heterocycles. The summed E-state index contributed by atoms with van der Waals surface area (Å²) in [5, 5.41) is 11.3. The number of esters is 2. The molecule has 4 saturated carbocycles. The molecule has 14 heteroatoms. The molecule has 1 aromatic rings. The molecule has 52 heavy (non-hydrogen) atoms. The van der Waals surface area contributed by atoms with Gasteiger partial charge in [0, 0.05) is 34.5 Å². The van der Waals surface area contributed by atoms with Crippen molar-refractivity contribution in [1.82, 2.24) is 4.72 Å². The zero-order valence-corrected chi connectivity index (χ0v) is 32.2. The summed E-state index contributed by atoms with van der Waals surface area (Å²) in [7, 11) is -4.31. The van der Waals surface area contributed by atoms with E-state index in [0.29, 0.717) is 37.8 Å². The van der Waals surface area contributed by atoms with Crippen LogP contribution in [0.5, 0.6) is 0 Å². The van der Waals surface area contributed by atoms with Gasteiger partial charge in [0.2, 0.25) is 10.0 Å². The molecule has 0 amide bonds. The number of aliphatic hydroxyl groups is 1. The van der Waals surface area contributed by atoms with Crippen molar-refractivity contribution in [2.75, 3.05) is 12.4 Å². The fourth-order valence-corrected chi connectivity index (χ4v) is 12.4. The number of ketones is 1. The van der Waals surface area contributed by atoms with E-state index in [4.69, 9.17) is 9.47 Å². The SMILES string of the molecule is C=C[C@]1(C)C[C@@H](OC(=O)CS[C@@H]2CC[C@H](C(=O)OCC)C[C@H]2NS(=O)(=O)c2ccc(C(F)(F)F)cc2)[C@]2(C)[C@H](C)CC[C@]3(CCC(=O)[C@H]32)[C@@H](C)[C@@H]1O.